The van der Waals surface area contributed by atoms with Crippen molar-refractivity contribution in [3.63, 3.8) is 0 Å². The Morgan fingerprint density at radius 2 is 1.52 bits per heavy atom. The van der Waals surface area contributed by atoms with Crippen LogP contribution in [0.2, 0.25) is 0 Å². The first kappa shape index (κ1) is 22.6. The van der Waals surface area contributed by atoms with E-state index in [2.05, 4.69) is 27.7 Å². The molecule has 0 atom stereocenters. The summed E-state index contributed by atoms with van der Waals surface area (Å²) in [5.41, 5.74) is 9.68. The zero-order valence-corrected chi connectivity index (χ0v) is 18.7. The van der Waals surface area contributed by atoms with Crippen LogP contribution >= 0.6 is 0 Å². The summed E-state index contributed by atoms with van der Waals surface area (Å²) in [7, 11) is 0. The Balaban J connectivity index is 1.31. The third-order valence-corrected chi connectivity index (χ3v) is 6.14. The number of primary amides is 1. The molecule has 2 amide bonds. The van der Waals surface area contributed by atoms with Crippen molar-refractivity contribution in [3.8, 4) is 0 Å². The van der Waals surface area contributed by atoms with Crippen molar-refractivity contribution in [1.82, 2.24) is 4.90 Å². The Morgan fingerprint density at radius 1 is 0.848 bits per heavy atom. The molecule has 4 N–H and O–H groups in total. The average molecular weight is 443 g/mol. The molecule has 1 saturated heterocycles. The maximum atomic E-state index is 12.9. The highest BCUT2D eigenvalue weighted by molar-refractivity contribution is 6.08. The number of rotatable bonds is 8. The van der Waals surface area contributed by atoms with Gasteiger partial charge in [-0.2, -0.15) is 0 Å². The van der Waals surface area contributed by atoms with Crippen molar-refractivity contribution < 1.29 is 9.59 Å². The summed E-state index contributed by atoms with van der Waals surface area (Å²) in [4.78, 5) is 26.6. The summed E-state index contributed by atoms with van der Waals surface area (Å²) in [6.45, 7) is 2.78. The third-order valence-electron chi connectivity index (χ3n) is 6.14. The van der Waals surface area contributed by atoms with Gasteiger partial charge in [-0.1, -0.05) is 42.5 Å². The average Bonchev–Trinajstić information content (AvgIpc) is 2.85. The normalized spacial score (nSPS) is 14.5. The second-order valence-corrected chi connectivity index (χ2v) is 8.46. The Morgan fingerprint density at radius 3 is 2.21 bits per heavy atom. The Kier molecular flexibility index (Phi) is 7.37. The lowest BCUT2D eigenvalue weighted by Crippen LogP contribution is -2.39. The lowest BCUT2D eigenvalue weighted by molar-refractivity contribution is -0.123. The van der Waals surface area contributed by atoms with E-state index in [-0.39, 0.29) is 17.7 Å². The van der Waals surface area contributed by atoms with Gasteiger partial charge in [0, 0.05) is 23.8 Å². The Hall–Kier alpha value is -3.64. The van der Waals surface area contributed by atoms with Gasteiger partial charge >= 0.3 is 0 Å². The quantitative estimate of drug-likeness (QED) is 0.482. The van der Waals surface area contributed by atoms with Gasteiger partial charge in [-0.05, 0) is 74.3 Å². The van der Waals surface area contributed by atoms with Gasteiger partial charge in [0.2, 0.25) is 5.91 Å². The number of likely N-dealkylation sites (tertiary alicyclic amines) is 1. The van der Waals surface area contributed by atoms with Crippen LogP contribution in [0.4, 0.5) is 17.1 Å². The molecule has 1 fully saturated rings. The summed E-state index contributed by atoms with van der Waals surface area (Å²) in [5.74, 6) is -0.304. The number of hydrogen-bond acceptors (Lipinski definition) is 4. The highest BCUT2D eigenvalue weighted by atomic mass is 16.2. The number of hydrogen-bond donors (Lipinski definition) is 3. The van der Waals surface area contributed by atoms with Crippen LogP contribution in [0.3, 0.4) is 0 Å². The first-order valence-corrected chi connectivity index (χ1v) is 11.4. The van der Waals surface area contributed by atoms with E-state index in [0.29, 0.717) is 5.56 Å². The maximum Gasteiger partial charge on any atom is 0.257 e. The van der Waals surface area contributed by atoms with Gasteiger partial charge in [0.15, 0.2) is 0 Å². The third kappa shape index (κ3) is 6.20. The molecule has 170 valence electrons. The van der Waals surface area contributed by atoms with Gasteiger partial charge in [-0.25, -0.2) is 0 Å². The smallest absolute Gasteiger partial charge is 0.257 e. The fourth-order valence-corrected chi connectivity index (χ4v) is 4.15. The van der Waals surface area contributed by atoms with Crippen LogP contribution in [0.25, 0.3) is 0 Å². The minimum atomic E-state index is -0.175. The molecule has 6 heteroatoms. The van der Waals surface area contributed by atoms with Gasteiger partial charge < -0.3 is 21.3 Å². The van der Waals surface area contributed by atoms with E-state index in [1.54, 1.807) is 0 Å². The largest absolute Gasteiger partial charge is 0.369 e. The number of nitrogens with zero attached hydrogens (tertiary/aromatic N) is 1. The monoisotopic (exact) mass is 442 g/mol. The van der Waals surface area contributed by atoms with Crippen LogP contribution < -0.4 is 16.4 Å². The molecule has 1 heterocycles. The minimum absolute atomic E-state index is 0.0252. The number of nitrogens with one attached hydrogen (secondary N) is 2. The standard InChI is InChI=1S/C27H30N4O2/c28-26(32)21-15-18-31(19-16-21)17-14-20-10-12-23(13-11-20)30-27(33)24-8-4-5-9-25(24)29-22-6-2-1-3-7-22/h1-13,21,29H,14-19H2,(H2,28,32)(H,30,33). The summed E-state index contributed by atoms with van der Waals surface area (Å²) in [6, 6.07) is 25.3. The molecule has 4 rings (SSSR count). The molecule has 3 aromatic carbocycles. The molecule has 0 bridgehead atoms. The van der Waals surface area contributed by atoms with Gasteiger partial charge in [0.1, 0.15) is 0 Å². The molecular formula is C27H30N4O2. The van der Waals surface area contributed by atoms with E-state index in [4.69, 9.17) is 5.73 Å². The molecule has 33 heavy (non-hydrogen) atoms. The fourth-order valence-electron chi connectivity index (χ4n) is 4.15. The number of para-hydroxylation sites is 2. The van der Waals surface area contributed by atoms with Gasteiger partial charge in [-0.15, -0.1) is 0 Å². The van der Waals surface area contributed by atoms with Gasteiger partial charge in [-0.3, -0.25) is 9.59 Å². The molecule has 0 spiro atoms. The molecule has 0 unspecified atom stereocenters. The van der Waals surface area contributed by atoms with E-state index < -0.39 is 0 Å². The van der Waals surface area contributed by atoms with Crippen molar-refractivity contribution >= 4 is 28.9 Å². The molecule has 0 aliphatic carbocycles. The van der Waals surface area contributed by atoms with Crippen LogP contribution in [-0.2, 0) is 11.2 Å². The summed E-state index contributed by atoms with van der Waals surface area (Å²) in [5, 5.41) is 6.31. The van der Waals surface area contributed by atoms with E-state index in [1.165, 1.54) is 5.56 Å². The van der Waals surface area contributed by atoms with Crippen LogP contribution in [-0.4, -0.2) is 36.3 Å². The Bertz CT molecular complexity index is 1070. The van der Waals surface area contributed by atoms with E-state index >= 15 is 0 Å². The topological polar surface area (TPSA) is 87.5 Å². The molecule has 0 aromatic heterocycles. The number of benzene rings is 3. The molecular weight excluding hydrogens is 412 g/mol. The van der Waals surface area contributed by atoms with E-state index in [0.717, 1.165) is 56.0 Å². The van der Waals surface area contributed by atoms with Gasteiger partial charge in [0.05, 0.1) is 11.3 Å². The van der Waals surface area contributed by atoms with Crippen LogP contribution in [0, 0.1) is 5.92 Å². The second-order valence-electron chi connectivity index (χ2n) is 8.46. The first-order valence-electron chi connectivity index (χ1n) is 11.4. The van der Waals surface area contributed by atoms with E-state index in [1.807, 2.05) is 66.7 Å². The van der Waals surface area contributed by atoms with Crippen molar-refractivity contribution in [2.24, 2.45) is 11.7 Å². The van der Waals surface area contributed by atoms with Crippen molar-refractivity contribution in [2.45, 2.75) is 19.3 Å². The van der Waals surface area contributed by atoms with Crippen LogP contribution in [0.15, 0.2) is 78.9 Å². The zero-order chi connectivity index (χ0) is 23.0. The number of piperidine rings is 1. The Labute approximate surface area is 194 Å². The minimum Gasteiger partial charge on any atom is -0.369 e. The maximum absolute atomic E-state index is 12.9. The van der Waals surface area contributed by atoms with Crippen LogP contribution in [0.1, 0.15) is 28.8 Å². The predicted octanol–water partition coefficient (Wildman–Crippen LogP) is 4.42. The van der Waals surface area contributed by atoms with E-state index in [9.17, 15) is 9.59 Å². The molecule has 6 nitrogen and oxygen atoms in total. The zero-order valence-electron chi connectivity index (χ0n) is 18.7. The lowest BCUT2D eigenvalue weighted by atomic mass is 9.96. The molecule has 3 aromatic rings. The molecule has 1 aliphatic rings. The number of anilines is 3. The summed E-state index contributed by atoms with van der Waals surface area (Å²) in [6.07, 6.45) is 2.63. The summed E-state index contributed by atoms with van der Waals surface area (Å²) >= 11 is 0. The van der Waals surface area contributed by atoms with Crippen molar-refractivity contribution in [2.75, 3.05) is 30.3 Å². The highest BCUT2D eigenvalue weighted by Gasteiger charge is 2.22. The number of nitrogens with two attached hydrogens (primary N) is 1. The molecule has 1 aliphatic heterocycles. The van der Waals surface area contributed by atoms with Crippen LogP contribution in [0.5, 0.6) is 0 Å². The van der Waals surface area contributed by atoms with Crippen molar-refractivity contribution in [1.29, 1.82) is 0 Å². The highest BCUT2D eigenvalue weighted by Crippen LogP contribution is 2.22. The predicted molar refractivity (Wildman–Crippen MR) is 133 cm³/mol. The fraction of sp³-hybridized carbons (Fsp3) is 0.259. The first-order chi connectivity index (χ1) is 16.1. The SMILES string of the molecule is NC(=O)C1CCN(CCc2ccc(NC(=O)c3ccccc3Nc3ccccc3)cc2)CC1. The number of amides is 2. The molecule has 0 saturated carbocycles. The second kappa shape index (κ2) is 10.8. The lowest BCUT2D eigenvalue weighted by Gasteiger charge is -2.30. The number of carbonyl (C=O) groups is 2. The molecule has 0 radical (unpaired) electrons. The van der Waals surface area contributed by atoms with Crippen molar-refractivity contribution in [3.05, 3.63) is 90.0 Å². The summed E-state index contributed by atoms with van der Waals surface area (Å²) < 4.78 is 0. The van der Waals surface area contributed by atoms with Gasteiger partial charge in [0.25, 0.3) is 5.91 Å². The number of carbonyl (C=O) groups excluding carboxylic acids is 2.